The van der Waals surface area contributed by atoms with E-state index >= 15 is 0 Å². The van der Waals surface area contributed by atoms with Gasteiger partial charge in [0, 0.05) is 4.88 Å². The van der Waals surface area contributed by atoms with Crippen LogP contribution in [-0.2, 0) is 11.3 Å². The summed E-state index contributed by atoms with van der Waals surface area (Å²) in [7, 11) is 0. The summed E-state index contributed by atoms with van der Waals surface area (Å²) in [6.45, 7) is -0.651. The van der Waals surface area contributed by atoms with E-state index in [1.54, 1.807) is 0 Å². The first-order valence-electron chi connectivity index (χ1n) is 3.41. The van der Waals surface area contributed by atoms with Crippen LogP contribution in [0.1, 0.15) is 14.5 Å². The summed E-state index contributed by atoms with van der Waals surface area (Å²) in [5, 5.41) is 8.47. The fourth-order valence-electron chi connectivity index (χ4n) is 0.723. The van der Waals surface area contributed by atoms with Crippen molar-refractivity contribution in [2.24, 2.45) is 0 Å². The second kappa shape index (κ2) is 3.97. The minimum Gasteiger partial charge on any atom is -0.477 e. The third-order valence-electron chi connectivity index (χ3n) is 1.25. The molecule has 78 valence electrons. The number of aromatic carboxylic acids is 1. The number of hydrogen-bond acceptors (Lipinski definition) is 3. The predicted molar refractivity (Wildman–Crippen MR) is 42.1 cm³/mol. The van der Waals surface area contributed by atoms with Crippen molar-refractivity contribution in [2.75, 3.05) is 0 Å². The second-order valence-corrected chi connectivity index (χ2v) is 3.47. The summed E-state index contributed by atoms with van der Waals surface area (Å²) >= 11 is 0.757. The van der Waals surface area contributed by atoms with Gasteiger partial charge < -0.3 is 5.11 Å². The molecule has 0 saturated heterocycles. The highest BCUT2D eigenvalue weighted by Crippen LogP contribution is 2.22. The maximum absolute atomic E-state index is 11.6. The van der Waals surface area contributed by atoms with Crippen LogP contribution in [0.3, 0.4) is 0 Å². The lowest BCUT2D eigenvalue weighted by atomic mass is 10.4. The van der Waals surface area contributed by atoms with Gasteiger partial charge in [-0.3, -0.25) is 4.74 Å². The molecule has 1 N–H and O–H groups in total. The van der Waals surface area contributed by atoms with Crippen LogP contribution in [0, 0.1) is 0 Å². The van der Waals surface area contributed by atoms with Gasteiger partial charge in [-0.25, -0.2) is 4.79 Å². The highest BCUT2D eigenvalue weighted by atomic mass is 32.1. The first-order chi connectivity index (χ1) is 6.38. The van der Waals surface area contributed by atoms with Crippen LogP contribution in [-0.4, -0.2) is 17.4 Å². The summed E-state index contributed by atoms with van der Waals surface area (Å²) in [4.78, 5) is 10.6. The van der Waals surface area contributed by atoms with Crippen molar-refractivity contribution in [3.05, 3.63) is 21.9 Å². The lowest BCUT2D eigenvalue weighted by Crippen LogP contribution is -2.12. The van der Waals surface area contributed by atoms with Crippen LogP contribution in [0.15, 0.2) is 12.1 Å². The average Bonchev–Trinajstić information content (AvgIpc) is 2.47. The van der Waals surface area contributed by atoms with Gasteiger partial charge in [-0.1, -0.05) is 0 Å². The number of alkyl halides is 3. The van der Waals surface area contributed by atoms with Crippen molar-refractivity contribution >= 4 is 17.3 Å². The maximum atomic E-state index is 11.6. The van der Waals surface area contributed by atoms with Crippen LogP contribution in [0.5, 0.6) is 0 Å². The zero-order valence-electron chi connectivity index (χ0n) is 6.67. The smallest absolute Gasteiger partial charge is 0.477 e. The van der Waals surface area contributed by atoms with Crippen molar-refractivity contribution in [1.82, 2.24) is 0 Å². The van der Waals surface area contributed by atoms with Gasteiger partial charge in [0.2, 0.25) is 0 Å². The summed E-state index contributed by atoms with van der Waals surface area (Å²) in [6, 6.07) is 2.53. The fourth-order valence-corrected chi connectivity index (χ4v) is 1.48. The zero-order chi connectivity index (χ0) is 10.8. The van der Waals surface area contributed by atoms with Crippen LogP contribution in [0.4, 0.5) is 13.2 Å². The molecule has 0 radical (unpaired) electrons. The Hall–Kier alpha value is -1.08. The summed E-state index contributed by atoms with van der Waals surface area (Å²) < 4.78 is 38.2. The molecule has 0 aliphatic heterocycles. The Morgan fingerprint density at radius 2 is 2.14 bits per heavy atom. The molecule has 0 fully saturated rings. The number of ether oxygens (including phenoxy) is 1. The lowest BCUT2D eigenvalue weighted by molar-refractivity contribution is -0.330. The monoisotopic (exact) mass is 226 g/mol. The van der Waals surface area contributed by atoms with Gasteiger partial charge in [-0.15, -0.1) is 24.5 Å². The molecule has 1 rings (SSSR count). The van der Waals surface area contributed by atoms with E-state index in [4.69, 9.17) is 5.11 Å². The summed E-state index contributed by atoms with van der Waals surface area (Å²) in [5.41, 5.74) is 0. The average molecular weight is 226 g/mol. The van der Waals surface area contributed by atoms with Crippen molar-refractivity contribution in [1.29, 1.82) is 0 Å². The first-order valence-corrected chi connectivity index (χ1v) is 4.23. The largest absolute Gasteiger partial charge is 0.522 e. The molecule has 0 aliphatic carbocycles. The van der Waals surface area contributed by atoms with Crippen LogP contribution < -0.4 is 0 Å². The van der Waals surface area contributed by atoms with E-state index in [9.17, 15) is 18.0 Å². The SMILES string of the molecule is O=C(O)c1ccc(COC(F)(F)F)s1. The second-order valence-electron chi connectivity index (χ2n) is 2.31. The van der Waals surface area contributed by atoms with E-state index in [0.717, 1.165) is 11.3 Å². The van der Waals surface area contributed by atoms with Crippen LogP contribution in [0.2, 0.25) is 0 Å². The van der Waals surface area contributed by atoms with Gasteiger partial charge in [0.1, 0.15) is 4.88 Å². The highest BCUT2D eigenvalue weighted by molar-refractivity contribution is 7.13. The molecular formula is C7H5F3O3S. The van der Waals surface area contributed by atoms with Crippen molar-refractivity contribution in [2.45, 2.75) is 13.0 Å². The Balaban J connectivity index is 2.56. The molecule has 0 aromatic carbocycles. The van der Waals surface area contributed by atoms with E-state index in [1.165, 1.54) is 12.1 Å². The molecule has 1 heterocycles. The molecule has 0 aliphatic rings. The Bertz CT molecular complexity index is 331. The molecule has 0 atom stereocenters. The molecule has 0 spiro atoms. The highest BCUT2D eigenvalue weighted by Gasteiger charge is 2.29. The maximum Gasteiger partial charge on any atom is 0.522 e. The van der Waals surface area contributed by atoms with Gasteiger partial charge in [0.25, 0.3) is 0 Å². The number of carbonyl (C=O) groups is 1. The molecular weight excluding hydrogens is 221 g/mol. The van der Waals surface area contributed by atoms with Crippen molar-refractivity contribution < 1.29 is 27.8 Å². The van der Waals surface area contributed by atoms with Gasteiger partial charge in [-0.2, -0.15) is 0 Å². The predicted octanol–water partition coefficient (Wildman–Crippen LogP) is 2.48. The van der Waals surface area contributed by atoms with Crippen molar-refractivity contribution in [3.63, 3.8) is 0 Å². The molecule has 3 nitrogen and oxygen atoms in total. The van der Waals surface area contributed by atoms with Gasteiger partial charge >= 0.3 is 12.3 Å². The fraction of sp³-hybridized carbons (Fsp3) is 0.286. The van der Waals surface area contributed by atoms with E-state index in [2.05, 4.69) is 4.74 Å². The van der Waals surface area contributed by atoms with Crippen LogP contribution >= 0.6 is 11.3 Å². The molecule has 14 heavy (non-hydrogen) atoms. The normalized spacial score (nSPS) is 11.6. The first kappa shape index (κ1) is 11.0. The summed E-state index contributed by atoms with van der Waals surface area (Å²) in [5.74, 6) is -1.16. The third kappa shape index (κ3) is 3.35. The number of halogens is 3. The Morgan fingerprint density at radius 3 is 2.57 bits per heavy atom. The van der Waals surface area contributed by atoms with Gasteiger partial charge in [0.05, 0.1) is 6.61 Å². The molecule has 1 aromatic rings. The standard InChI is InChI=1S/C7H5F3O3S/c8-7(9,10)13-3-4-1-2-5(14-4)6(11)12/h1-2H,3H2,(H,11,12). The number of hydrogen-bond donors (Lipinski definition) is 1. The number of carboxylic acid groups (broad SMARTS) is 1. The Morgan fingerprint density at radius 1 is 1.50 bits per heavy atom. The topological polar surface area (TPSA) is 46.5 Å². The Labute approximate surface area is 80.7 Å². The van der Waals surface area contributed by atoms with Gasteiger partial charge in [-0.05, 0) is 12.1 Å². The molecule has 0 amide bonds. The minimum atomic E-state index is -4.69. The summed E-state index contributed by atoms with van der Waals surface area (Å²) in [6.07, 6.45) is -4.69. The molecule has 0 saturated carbocycles. The van der Waals surface area contributed by atoms with E-state index in [-0.39, 0.29) is 9.75 Å². The van der Waals surface area contributed by atoms with Crippen molar-refractivity contribution in [3.8, 4) is 0 Å². The third-order valence-corrected chi connectivity index (χ3v) is 2.30. The molecule has 1 aromatic heterocycles. The van der Waals surface area contributed by atoms with Crippen LogP contribution in [0.25, 0.3) is 0 Å². The van der Waals surface area contributed by atoms with E-state index < -0.39 is 18.9 Å². The number of thiophene rings is 1. The lowest BCUT2D eigenvalue weighted by Gasteiger charge is -2.04. The molecule has 0 unspecified atom stereocenters. The zero-order valence-corrected chi connectivity index (χ0v) is 7.48. The quantitative estimate of drug-likeness (QED) is 0.861. The van der Waals surface area contributed by atoms with E-state index in [1.807, 2.05) is 0 Å². The van der Waals surface area contributed by atoms with Gasteiger partial charge in [0.15, 0.2) is 0 Å². The number of rotatable bonds is 3. The number of carboxylic acids is 1. The molecule has 0 bridgehead atoms. The molecule has 7 heteroatoms. The Kier molecular flexibility index (Phi) is 3.12. The minimum absolute atomic E-state index is 0.00854. The van der Waals surface area contributed by atoms with E-state index in [0.29, 0.717) is 0 Å².